The molecule has 0 aliphatic heterocycles. The van der Waals surface area contributed by atoms with Gasteiger partial charge in [0, 0.05) is 16.6 Å². The number of rotatable bonds is 10. The van der Waals surface area contributed by atoms with Crippen LogP contribution in [0, 0.1) is 6.92 Å². The van der Waals surface area contributed by atoms with Crippen LogP contribution in [0.1, 0.15) is 63.6 Å². The lowest BCUT2D eigenvalue weighted by Crippen LogP contribution is -2.09. The first-order valence-corrected chi connectivity index (χ1v) is 9.14. The number of benzene rings is 1. The average Bonchev–Trinajstić information content (AvgIpc) is 2.57. The van der Waals surface area contributed by atoms with Crippen LogP contribution in [0.15, 0.2) is 24.3 Å². The Labute approximate surface area is 145 Å². The van der Waals surface area contributed by atoms with E-state index in [-0.39, 0.29) is 12.4 Å². The summed E-state index contributed by atoms with van der Waals surface area (Å²) in [5, 5.41) is 0.989. The highest BCUT2D eigenvalue weighted by Crippen LogP contribution is 2.31. The second-order valence-corrected chi connectivity index (χ2v) is 6.54. The first-order valence-electron chi connectivity index (χ1n) is 9.14. The fraction of sp³-hybridized carbons (Fsp3) is 0.524. The third-order valence-electron chi connectivity index (χ3n) is 4.36. The van der Waals surface area contributed by atoms with Crippen molar-refractivity contribution in [3.63, 3.8) is 0 Å². The van der Waals surface area contributed by atoms with Crippen molar-refractivity contribution in [1.82, 2.24) is 4.98 Å². The van der Waals surface area contributed by atoms with Gasteiger partial charge in [0.15, 0.2) is 5.78 Å². The van der Waals surface area contributed by atoms with Crippen LogP contribution in [-0.2, 0) is 11.2 Å². The van der Waals surface area contributed by atoms with Crippen LogP contribution >= 0.6 is 0 Å². The van der Waals surface area contributed by atoms with Crippen molar-refractivity contribution in [2.24, 2.45) is 0 Å². The summed E-state index contributed by atoms with van der Waals surface area (Å²) < 4.78 is 5.82. The molecule has 1 aromatic heterocycles. The highest BCUT2D eigenvalue weighted by atomic mass is 16.5. The summed E-state index contributed by atoms with van der Waals surface area (Å²) in [5.41, 5.74) is 3.12. The van der Waals surface area contributed by atoms with Crippen molar-refractivity contribution in [2.75, 3.05) is 6.61 Å². The fourth-order valence-electron chi connectivity index (χ4n) is 3.00. The van der Waals surface area contributed by atoms with Gasteiger partial charge in [0.1, 0.15) is 12.4 Å². The van der Waals surface area contributed by atoms with E-state index in [1.54, 1.807) is 6.92 Å². The van der Waals surface area contributed by atoms with E-state index in [4.69, 9.17) is 9.72 Å². The van der Waals surface area contributed by atoms with E-state index in [0.29, 0.717) is 0 Å². The number of hydrogen-bond donors (Lipinski definition) is 0. The number of aromatic nitrogens is 1. The number of nitrogens with zero attached hydrogens (tertiary/aromatic N) is 1. The van der Waals surface area contributed by atoms with Gasteiger partial charge in [0.25, 0.3) is 0 Å². The van der Waals surface area contributed by atoms with Crippen molar-refractivity contribution in [2.45, 2.75) is 65.7 Å². The van der Waals surface area contributed by atoms with Crippen LogP contribution in [0.25, 0.3) is 10.9 Å². The Morgan fingerprint density at radius 2 is 1.79 bits per heavy atom. The molecule has 0 bridgehead atoms. The second-order valence-electron chi connectivity index (χ2n) is 6.54. The van der Waals surface area contributed by atoms with Gasteiger partial charge in [-0.05, 0) is 38.8 Å². The Hall–Kier alpha value is -1.90. The number of unbranched alkanes of at least 4 members (excludes halogenated alkanes) is 5. The Bertz CT molecular complexity index is 679. The molecule has 1 heterocycles. The van der Waals surface area contributed by atoms with Crippen LogP contribution < -0.4 is 4.74 Å². The molecule has 0 spiro atoms. The molecule has 3 nitrogen and oxygen atoms in total. The summed E-state index contributed by atoms with van der Waals surface area (Å²) in [6.45, 7) is 5.97. The topological polar surface area (TPSA) is 39.2 Å². The molecule has 0 saturated carbocycles. The molecule has 130 valence electrons. The van der Waals surface area contributed by atoms with Crippen molar-refractivity contribution in [3.05, 3.63) is 35.5 Å². The molecule has 24 heavy (non-hydrogen) atoms. The molecule has 0 unspecified atom stereocenters. The fourth-order valence-corrected chi connectivity index (χ4v) is 3.00. The van der Waals surface area contributed by atoms with Gasteiger partial charge in [0.2, 0.25) is 0 Å². The molecule has 0 radical (unpaired) electrons. The van der Waals surface area contributed by atoms with Crippen LogP contribution in [0.5, 0.6) is 5.75 Å². The second kappa shape index (κ2) is 9.41. The summed E-state index contributed by atoms with van der Waals surface area (Å²) in [6, 6.07) is 8.00. The highest BCUT2D eigenvalue weighted by Gasteiger charge is 2.13. The van der Waals surface area contributed by atoms with E-state index in [2.05, 4.69) is 13.8 Å². The van der Waals surface area contributed by atoms with Gasteiger partial charge in [-0.15, -0.1) is 0 Å². The first kappa shape index (κ1) is 18.4. The third kappa shape index (κ3) is 5.05. The predicted molar refractivity (Wildman–Crippen MR) is 99.7 cm³/mol. The highest BCUT2D eigenvalue weighted by molar-refractivity contribution is 5.87. The minimum atomic E-state index is 0.0350. The Morgan fingerprint density at radius 1 is 1.08 bits per heavy atom. The normalized spacial score (nSPS) is 11.0. The van der Waals surface area contributed by atoms with E-state index in [0.717, 1.165) is 40.8 Å². The van der Waals surface area contributed by atoms with E-state index < -0.39 is 0 Å². The molecule has 1 aromatic carbocycles. The maximum absolute atomic E-state index is 11.3. The van der Waals surface area contributed by atoms with E-state index in [1.165, 1.54) is 32.1 Å². The maximum Gasteiger partial charge on any atom is 0.167 e. The maximum atomic E-state index is 11.3. The van der Waals surface area contributed by atoms with Crippen LogP contribution in [0.4, 0.5) is 0 Å². The van der Waals surface area contributed by atoms with E-state index in [1.807, 2.05) is 24.3 Å². The van der Waals surface area contributed by atoms with Gasteiger partial charge >= 0.3 is 0 Å². The molecule has 2 rings (SSSR count). The number of pyridine rings is 1. The summed E-state index contributed by atoms with van der Waals surface area (Å²) in [6.07, 6.45) is 8.61. The molecule has 0 N–H and O–H groups in total. The lowest BCUT2D eigenvalue weighted by molar-refractivity contribution is -0.118. The number of para-hydroxylation sites is 1. The Kier molecular flexibility index (Phi) is 7.23. The van der Waals surface area contributed by atoms with Gasteiger partial charge in [-0.1, -0.05) is 51.2 Å². The standard InChI is InChI=1S/C21H29NO2/c1-4-5-6-7-8-9-13-19-17(3)21(24-15-16(2)23)18-12-10-11-14-20(18)22-19/h10-12,14H,4-9,13,15H2,1-3H3. The van der Waals surface area contributed by atoms with Crippen LogP contribution in [-0.4, -0.2) is 17.4 Å². The molecule has 0 saturated heterocycles. The number of fused-ring (bicyclic) bond motifs is 1. The van der Waals surface area contributed by atoms with Gasteiger partial charge in [-0.25, -0.2) is 0 Å². The lowest BCUT2D eigenvalue weighted by Gasteiger charge is -2.15. The number of hydrogen-bond acceptors (Lipinski definition) is 3. The summed E-state index contributed by atoms with van der Waals surface area (Å²) >= 11 is 0. The van der Waals surface area contributed by atoms with Crippen molar-refractivity contribution < 1.29 is 9.53 Å². The van der Waals surface area contributed by atoms with Crippen molar-refractivity contribution in [1.29, 1.82) is 0 Å². The Morgan fingerprint density at radius 3 is 2.54 bits per heavy atom. The van der Waals surface area contributed by atoms with Gasteiger partial charge in [-0.3, -0.25) is 9.78 Å². The SMILES string of the molecule is CCCCCCCCc1nc2ccccc2c(OCC(C)=O)c1C. The quantitative estimate of drug-likeness (QED) is 0.547. The molecular weight excluding hydrogens is 298 g/mol. The smallest absolute Gasteiger partial charge is 0.167 e. The van der Waals surface area contributed by atoms with Gasteiger partial charge in [0.05, 0.1) is 5.52 Å². The van der Waals surface area contributed by atoms with Gasteiger partial charge in [-0.2, -0.15) is 0 Å². The predicted octanol–water partition coefficient (Wildman–Crippen LogP) is 5.41. The zero-order valence-corrected chi connectivity index (χ0v) is 15.2. The molecule has 0 fully saturated rings. The van der Waals surface area contributed by atoms with E-state index >= 15 is 0 Å². The molecule has 0 aliphatic rings. The van der Waals surface area contributed by atoms with E-state index in [9.17, 15) is 4.79 Å². The lowest BCUT2D eigenvalue weighted by atomic mass is 10.0. The number of Topliss-reactive ketones (excluding diaryl/α,β-unsaturated/α-hetero) is 1. The number of aryl methyl sites for hydroxylation is 1. The number of carbonyl (C=O) groups is 1. The van der Waals surface area contributed by atoms with Crippen LogP contribution in [0.3, 0.4) is 0 Å². The minimum Gasteiger partial charge on any atom is -0.485 e. The minimum absolute atomic E-state index is 0.0350. The van der Waals surface area contributed by atoms with Crippen molar-refractivity contribution in [3.8, 4) is 5.75 Å². The zero-order chi connectivity index (χ0) is 17.4. The summed E-state index contributed by atoms with van der Waals surface area (Å²) in [7, 11) is 0. The molecule has 0 amide bonds. The zero-order valence-electron chi connectivity index (χ0n) is 15.2. The molecule has 2 aromatic rings. The van der Waals surface area contributed by atoms with Crippen molar-refractivity contribution >= 4 is 16.7 Å². The number of carbonyl (C=O) groups excluding carboxylic acids is 1. The molecular formula is C21H29NO2. The molecule has 3 heteroatoms. The monoisotopic (exact) mass is 327 g/mol. The number of ketones is 1. The molecule has 0 atom stereocenters. The number of ether oxygens (including phenoxy) is 1. The van der Waals surface area contributed by atoms with Gasteiger partial charge < -0.3 is 4.74 Å². The van der Waals surface area contributed by atoms with Crippen LogP contribution in [0.2, 0.25) is 0 Å². The largest absolute Gasteiger partial charge is 0.485 e. The average molecular weight is 327 g/mol. The summed E-state index contributed by atoms with van der Waals surface area (Å²) in [5.74, 6) is 0.851. The molecule has 0 aliphatic carbocycles. The third-order valence-corrected chi connectivity index (χ3v) is 4.36. The first-order chi connectivity index (χ1) is 11.6. The summed E-state index contributed by atoms with van der Waals surface area (Å²) in [4.78, 5) is 16.1. The Balaban J connectivity index is 2.14.